The van der Waals surface area contributed by atoms with Gasteiger partial charge in [-0.05, 0) is 46.5 Å². The number of carbonyl (C=O) groups excluding carboxylic acids is 1. The van der Waals surface area contributed by atoms with Crippen molar-refractivity contribution in [2.24, 2.45) is 0 Å². The van der Waals surface area contributed by atoms with E-state index in [-0.39, 0.29) is 24.4 Å². The van der Waals surface area contributed by atoms with E-state index in [0.717, 1.165) is 19.3 Å². The molecule has 0 aliphatic carbocycles. The highest BCUT2D eigenvalue weighted by Gasteiger charge is 2.38. The van der Waals surface area contributed by atoms with Crippen molar-refractivity contribution in [3.8, 4) is 0 Å². The molecule has 1 N–H and O–H groups in total. The second kappa shape index (κ2) is 7.29. The van der Waals surface area contributed by atoms with Gasteiger partial charge in [0.2, 0.25) is 0 Å². The van der Waals surface area contributed by atoms with Crippen LogP contribution < -0.4 is 5.32 Å². The van der Waals surface area contributed by atoms with E-state index in [2.05, 4.69) is 11.9 Å². The molecule has 0 aromatic rings. The quantitative estimate of drug-likeness (QED) is 0.625. The summed E-state index contributed by atoms with van der Waals surface area (Å²) in [7, 11) is -3.14. The molecule has 5 nitrogen and oxygen atoms in total. The molecule has 1 fully saturated rings. The summed E-state index contributed by atoms with van der Waals surface area (Å²) >= 11 is 0. The highest BCUT2D eigenvalue weighted by molar-refractivity contribution is 7.92. The van der Waals surface area contributed by atoms with E-state index in [9.17, 15) is 13.2 Å². The van der Waals surface area contributed by atoms with Crippen molar-refractivity contribution < 1.29 is 13.2 Å². The third kappa shape index (κ3) is 5.02. The van der Waals surface area contributed by atoms with Crippen LogP contribution in [0.5, 0.6) is 0 Å². The first-order valence-electron chi connectivity index (χ1n) is 7.58. The third-order valence-corrected chi connectivity index (χ3v) is 6.77. The van der Waals surface area contributed by atoms with E-state index in [4.69, 9.17) is 0 Å². The molecule has 0 spiro atoms. The number of urea groups is 1. The Labute approximate surface area is 128 Å². The Balaban J connectivity index is 2.54. The van der Waals surface area contributed by atoms with Crippen LogP contribution in [-0.4, -0.2) is 49.0 Å². The van der Waals surface area contributed by atoms with Gasteiger partial charge in [-0.2, -0.15) is 0 Å². The summed E-state index contributed by atoms with van der Waals surface area (Å²) in [4.78, 5) is 13.8. The van der Waals surface area contributed by atoms with Gasteiger partial charge in [-0.25, -0.2) is 13.2 Å². The molecule has 2 amide bonds. The number of nitrogens with one attached hydrogen (secondary N) is 1. The Morgan fingerprint density at radius 1 is 1.43 bits per heavy atom. The van der Waals surface area contributed by atoms with Crippen molar-refractivity contribution in [1.29, 1.82) is 0 Å². The minimum Gasteiger partial charge on any atom is -0.336 e. The van der Waals surface area contributed by atoms with Gasteiger partial charge in [0.1, 0.15) is 0 Å². The van der Waals surface area contributed by atoms with Crippen LogP contribution in [-0.2, 0) is 9.84 Å². The maximum Gasteiger partial charge on any atom is 0.317 e. The van der Waals surface area contributed by atoms with Crippen LogP contribution in [0.4, 0.5) is 4.79 Å². The lowest BCUT2D eigenvalue weighted by molar-refractivity contribution is 0.196. The van der Waals surface area contributed by atoms with Crippen LogP contribution in [0.1, 0.15) is 46.5 Å². The Morgan fingerprint density at radius 2 is 2.10 bits per heavy atom. The molecule has 1 heterocycles. The molecule has 1 rings (SSSR count). The summed E-state index contributed by atoms with van der Waals surface area (Å²) in [6.07, 6.45) is 5.18. The molecule has 1 aliphatic heterocycles. The second-order valence-corrected chi connectivity index (χ2v) is 9.13. The van der Waals surface area contributed by atoms with Crippen LogP contribution >= 0.6 is 0 Å². The van der Waals surface area contributed by atoms with Crippen molar-refractivity contribution in [1.82, 2.24) is 10.2 Å². The van der Waals surface area contributed by atoms with Gasteiger partial charge in [-0.15, -0.1) is 6.58 Å². The lowest BCUT2D eigenvalue weighted by atomic mass is 10.1. The van der Waals surface area contributed by atoms with Gasteiger partial charge >= 0.3 is 6.03 Å². The highest BCUT2D eigenvalue weighted by Crippen LogP contribution is 2.25. The summed E-state index contributed by atoms with van der Waals surface area (Å²) < 4.78 is 23.5. The average Bonchev–Trinajstić information content (AvgIpc) is 2.47. The maximum atomic E-state index is 12.2. The molecule has 0 bridgehead atoms. The van der Waals surface area contributed by atoms with Crippen molar-refractivity contribution >= 4 is 15.9 Å². The normalized spacial score (nSPS) is 22.1. The molecular weight excluding hydrogens is 288 g/mol. The highest BCUT2D eigenvalue weighted by atomic mass is 32.2. The maximum absolute atomic E-state index is 12.2. The van der Waals surface area contributed by atoms with Crippen molar-refractivity contribution in [2.45, 2.75) is 57.2 Å². The minimum atomic E-state index is -3.14. The molecular formula is C15H28N2O3S. The smallest absolute Gasteiger partial charge is 0.317 e. The zero-order valence-corrected chi connectivity index (χ0v) is 14.2. The van der Waals surface area contributed by atoms with E-state index in [1.165, 1.54) is 0 Å². The SMILES string of the molecule is C=CCCCC(C)NC(=O)N1CCC(C)(C)S(=O)(=O)CC1. The van der Waals surface area contributed by atoms with Gasteiger partial charge in [-0.1, -0.05) is 6.08 Å². The number of unbranched alkanes of at least 4 members (excludes halogenated alkanes) is 1. The molecule has 0 aromatic carbocycles. The first kappa shape index (κ1) is 18.0. The molecule has 122 valence electrons. The molecule has 21 heavy (non-hydrogen) atoms. The molecule has 6 heteroatoms. The van der Waals surface area contributed by atoms with Crippen molar-refractivity contribution in [3.05, 3.63) is 12.7 Å². The molecule has 1 saturated heterocycles. The summed E-state index contributed by atoms with van der Waals surface area (Å²) in [5, 5.41) is 2.95. The molecule has 0 radical (unpaired) electrons. The van der Waals surface area contributed by atoms with E-state index in [1.807, 2.05) is 13.0 Å². The Bertz CT molecular complexity index is 471. The lowest BCUT2D eigenvalue weighted by Crippen LogP contribution is -2.45. The summed E-state index contributed by atoms with van der Waals surface area (Å²) in [6, 6.07) is -0.0701. The van der Waals surface area contributed by atoms with Gasteiger partial charge < -0.3 is 10.2 Å². The standard InChI is InChI=1S/C15H28N2O3S/c1-5-6-7-8-13(2)16-14(18)17-10-9-15(3,4)21(19,20)12-11-17/h5,13H,1,6-12H2,2-4H3,(H,16,18). The molecule has 0 aromatic heterocycles. The number of nitrogens with zero attached hydrogens (tertiary/aromatic N) is 1. The predicted molar refractivity (Wildman–Crippen MR) is 86.1 cm³/mol. The molecule has 1 atom stereocenters. The fourth-order valence-corrected chi connectivity index (χ4v) is 3.74. The predicted octanol–water partition coefficient (Wildman–Crippen LogP) is 2.34. The van der Waals surface area contributed by atoms with Crippen LogP contribution in [0.25, 0.3) is 0 Å². The Morgan fingerprint density at radius 3 is 2.71 bits per heavy atom. The van der Waals surface area contributed by atoms with Crippen LogP contribution in [0, 0.1) is 0 Å². The van der Waals surface area contributed by atoms with E-state index < -0.39 is 14.6 Å². The molecule has 1 unspecified atom stereocenters. The van der Waals surface area contributed by atoms with Gasteiger partial charge in [-0.3, -0.25) is 0 Å². The number of hydrogen-bond acceptors (Lipinski definition) is 3. The molecule has 0 saturated carbocycles. The fraction of sp³-hybridized carbons (Fsp3) is 0.800. The average molecular weight is 316 g/mol. The number of allylic oxidation sites excluding steroid dienone is 1. The van der Waals surface area contributed by atoms with Gasteiger partial charge in [0.05, 0.1) is 10.5 Å². The first-order chi connectivity index (χ1) is 9.69. The third-order valence-electron chi connectivity index (χ3n) is 4.16. The van der Waals surface area contributed by atoms with Crippen molar-refractivity contribution in [3.63, 3.8) is 0 Å². The summed E-state index contributed by atoms with van der Waals surface area (Å²) in [5.41, 5.74) is 0. The van der Waals surface area contributed by atoms with Gasteiger partial charge in [0, 0.05) is 19.1 Å². The topological polar surface area (TPSA) is 66.5 Å². The van der Waals surface area contributed by atoms with E-state index in [1.54, 1.807) is 18.7 Å². The summed E-state index contributed by atoms with van der Waals surface area (Å²) in [6.45, 7) is 9.88. The zero-order valence-electron chi connectivity index (χ0n) is 13.4. The van der Waals surface area contributed by atoms with Crippen LogP contribution in [0.15, 0.2) is 12.7 Å². The van der Waals surface area contributed by atoms with Gasteiger partial charge in [0.25, 0.3) is 0 Å². The number of rotatable bonds is 5. The number of carbonyl (C=O) groups is 1. The lowest BCUT2D eigenvalue weighted by Gasteiger charge is -2.24. The Hall–Kier alpha value is -1.04. The van der Waals surface area contributed by atoms with Gasteiger partial charge in [0.15, 0.2) is 9.84 Å². The monoisotopic (exact) mass is 316 g/mol. The second-order valence-electron chi connectivity index (χ2n) is 6.39. The fourth-order valence-electron chi connectivity index (χ4n) is 2.32. The van der Waals surface area contributed by atoms with Crippen LogP contribution in [0.3, 0.4) is 0 Å². The minimum absolute atomic E-state index is 0.0399. The molecule has 1 aliphatic rings. The Kier molecular flexibility index (Phi) is 6.25. The van der Waals surface area contributed by atoms with Crippen LogP contribution in [0.2, 0.25) is 0 Å². The number of amides is 2. The van der Waals surface area contributed by atoms with Crippen molar-refractivity contribution in [2.75, 3.05) is 18.8 Å². The van der Waals surface area contributed by atoms with E-state index >= 15 is 0 Å². The first-order valence-corrected chi connectivity index (χ1v) is 9.23. The van der Waals surface area contributed by atoms with E-state index in [0.29, 0.717) is 13.0 Å². The largest absolute Gasteiger partial charge is 0.336 e. The zero-order chi connectivity index (χ0) is 16.1. The number of sulfone groups is 1. The number of hydrogen-bond donors (Lipinski definition) is 1. The summed E-state index contributed by atoms with van der Waals surface area (Å²) in [5.74, 6) is 0.0399.